The van der Waals surface area contributed by atoms with E-state index in [0.717, 1.165) is 33.8 Å². The lowest BCUT2D eigenvalue weighted by Crippen LogP contribution is -2.29. The second-order valence-corrected chi connectivity index (χ2v) is 12.7. The fourth-order valence-electron chi connectivity index (χ4n) is 3.22. The Labute approximate surface area is 201 Å². The Bertz CT molecular complexity index is 954. The van der Waals surface area contributed by atoms with Crippen molar-refractivity contribution in [1.82, 2.24) is 0 Å². The molecule has 0 radical (unpaired) electrons. The Morgan fingerprint density at radius 2 is 1.21 bits per heavy atom. The third-order valence-electron chi connectivity index (χ3n) is 5.73. The van der Waals surface area contributed by atoms with Gasteiger partial charge in [0.2, 0.25) is 0 Å². The normalized spacial score (nSPS) is 10.2. The second-order valence-electron chi connectivity index (χ2n) is 7.79. The summed E-state index contributed by atoms with van der Waals surface area (Å²) in [6, 6.07) is 15.3. The van der Waals surface area contributed by atoms with Gasteiger partial charge in [-0.2, -0.15) is 0 Å². The van der Waals surface area contributed by atoms with E-state index in [4.69, 9.17) is 25.4 Å². The third kappa shape index (κ3) is 9.36. The molecule has 0 fully saturated rings. The molecule has 5 heteroatoms. The summed E-state index contributed by atoms with van der Waals surface area (Å²) in [4.78, 5) is 0. The van der Waals surface area contributed by atoms with Crippen LogP contribution in [0.15, 0.2) is 36.4 Å². The maximum Gasteiger partial charge on any atom is 0.188 e. The van der Waals surface area contributed by atoms with Gasteiger partial charge in [-0.25, -0.2) is 0 Å². The van der Waals surface area contributed by atoms with Crippen molar-refractivity contribution in [3.05, 3.63) is 58.7 Å². The maximum absolute atomic E-state index is 5.44. The van der Waals surface area contributed by atoms with Gasteiger partial charge in [-0.1, -0.05) is 32.6 Å². The fraction of sp³-hybridized carbons (Fsp3) is 0.429. The van der Waals surface area contributed by atoms with Crippen LogP contribution in [0.5, 0.6) is 11.5 Å². The van der Waals surface area contributed by atoms with Crippen LogP contribution in [0.1, 0.15) is 43.0 Å². The van der Waals surface area contributed by atoms with Gasteiger partial charge in [0, 0.05) is 25.3 Å². The molecule has 0 unspecified atom stereocenters. The molecular formula is C28H38O4Si. The van der Waals surface area contributed by atoms with E-state index in [-0.39, 0.29) is 13.6 Å². The van der Waals surface area contributed by atoms with Crippen LogP contribution < -0.4 is 9.47 Å². The molecule has 4 nitrogen and oxygen atoms in total. The molecule has 0 amide bonds. The summed E-state index contributed by atoms with van der Waals surface area (Å²) < 4.78 is 20.4. The summed E-state index contributed by atoms with van der Waals surface area (Å²) in [6.07, 6.45) is 5.29. The molecule has 0 spiro atoms. The van der Waals surface area contributed by atoms with Crippen molar-refractivity contribution in [2.24, 2.45) is 0 Å². The maximum atomic E-state index is 5.44. The van der Waals surface area contributed by atoms with Gasteiger partial charge in [-0.3, -0.25) is 0 Å². The lowest BCUT2D eigenvalue weighted by Gasteiger charge is -2.20. The smallest absolute Gasteiger partial charge is 0.188 e. The lowest BCUT2D eigenvalue weighted by molar-refractivity contribution is 0.0509. The van der Waals surface area contributed by atoms with Crippen molar-refractivity contribution >= 4 is 8.07 Å². The lowest BCUT2D eigenvalue weighted by atomic mass is 10.1. The molecule has 2 aromatic carbocycles. The molecule has 0 saturated heterocycles. The zero-order valence-electron chi connectivity index (χ0n) is 21.2. The molecule has 0 aliphatic carbocycles. The highest BCUT2D eigenvalue weighted by atomic mass is 28.3. The zero-order valence-corrected chi connectivity index (χ0v) is 22.2. The molecule has 2 rings (SSSR count). The molecule has 0 atom stereocenters. The molecular weight excluding hydrogens is 428 g/mol. The molecule has 0 bridgehead atoms. The summed E-state index contributed by atoms with van der Waals surface area (Å²) >= 11 is 0. The van der Waals surface area contributed by atoms with Crippen molar-refractivity contribution in [2.45, 2.75) is 52.8 Å². The van der Waals surface area contributed by atoms with E-state index in [1.165, 1.54) is 18.1 Å². The van der Waals surface area contributed by atoms with Crippen molar-refractivity contribution in [3.63, 3.8) is 0 Å². The van der Waals surface area contributed by atoms with Crippen LogP contribution in [-0.2, 0) is 9.47 Å². The molecule has 0 aromatic heterocycles. The van der Waals surface area contributed by atoms with Gasteiger partial charge in [-0.15, -0.1) is 12.0 Å². The Morgan fingerprint density at radius 1 is 0.758 bits per heavy atom. The van der Waals surface area contributed by atoms with Crippen LogP contribution in [-0.4, -0.2) is 35.9 Å². The number of hydrogen-bond acceptors (Lipinski definition) is 4. The molecule has 0 N–H and O–H groups in total. The zero-order chi connectivity index (χ0) is 24.7. The standard InChI is InChI=1S/C17H26O2Si.C11H12O2/c1-6-20(7-2,8-3)12-11-16-9-10-17(13-15(16)4)19-14-18-5;1-4-10-5-6-11(7-9(10)2)13-8-12-3/h9-10,13H,6-8,14H2,1-5H3;1,5-7H,8H2,2-3H3. The van der Waals surface area contributed by atoms with Crippen LogP contribution in [0.3, 0.4) is 0 Å². The summed E-state index contributed by atoms with van der Waals surface area (Å²) in [5.41, 5.74) is 7.83. The van der Waals surface area contributed by atoms with E-state index >= 15 is 0 Å². The Morgan fingerprint density at radius 3 is 1.58 bits per heavy atom. The minimum absolute atomic E-state index is 0.259. The topological polar surface area (TPSA) is 36.9 Å². The van der Waals surface area contributed by atoms with Gasteiger partial charge >= 0.3 is 0 Å². The Balaban J connectivity index is 0.000000361. The van der Waals surface area contributed by atoms with Gasteiger partial charge in [0.25, 0.3) is 0 Å². The Hall–Kier alpha value is -2.70. The van der Waals surface area contributed by atoms with Gasteiger partial charge in [0.1, 0.15) is 19.6 Å². The van der Waals surface area contributed by atoms with E-state index in [2.05, 4.69) is 45.1 Å². The van der Waals surface area contributed by atoms with Crippen molar-refractivity contribution in [2.75, 3.05) is 27.8 Å². The first-order valence-electron chi connectivity index (χ1n) is 11.3. The number of aryl methyl sites for hydroxylation is 2. The van der Waals surface area contributed by atoms with Crippen LogP contribution >= 0.6 is 0 Å². The van der Waals surface area contributed by atoms with Gasteiger partial charge in [-0.05, 0) is 79.5 Å². The van der Waals surface area contributed by atoms with Crippen molar-refractivity contribution in [3.8, 4) is 35.3 Å². The molecule has 33 heavy (non-hydrogen) atoms. The predicted octanol–water partition coefficient (Wildman–Crippen LogP) is 6.34. The van der Waals surface area contributed by atoms with Gasteiger partial charge in [0.05, 0.1) is 0 Å². The summed E-state index contributed by atoms with van der Waals surface area (Å²) in [6.45, 7) is 11.4. The third-order valence-corrected chi connectivity index (χ3v) is 10.4. The second kappa shape index (κ2) is 15.2. The number of rotatable bonds is 9. The van der Waals surface area contributed by atoms with E-state index in [1.807, 2.05) is 43.3 Å². The minimum atomic E-state index is -1.37. The number of methoxy groups -OCH3 is 2. The van der Waals surface area contributed by atoms with E-state index in [0.29, 0.717) is 0 Å². The number of terminal acetylenes is 1. The molecule has 0 aliphatic rings. The first-order chi connectivity index (χ1) is 15.9. The molecule has 2 aromatic rings. The monoisotopic (exact) mass is 466 g/mol. The molecule has 178 valence electrons. The average Bonchev–Trinajstić information content (AvgIpc) is 2.84. The van der Waals surface area contributed by atoms with Crippen LogP contribution in [0.4, 0.5) is 0 Å². The average molecular weight is 467 g/mol. The molecule has 0 saturated carbocycles. The Kier molecular flexibility index (Phi) is 13.0. The largest absolute Gasteiger partial charge is 0.468 e. The van der Waals surface area contributed by atoms with E-state index in [9.17, 15) is 0 Å². The number of ether oxygens (including phenoxy) is 4. The summed E-state index contributed by atoms with van der Waals surface area (Å²) in [5, 5.41) is 0. The van der Waals surface area contributed by atoms with Crippen LogP contribution in [0, 0.1) is 37.7 Å². The summed E-state index contributed by atoms with van der Waals surface area (Å²) in [7, 11) is 1.84. The van der Waals surface area contributed by atoms with Crippen molar-refractivity contribution in [1.29, 1.82) is 0 Å². The first-order valence-corrected chi connectivity index (χ1v) is 13.9. The van der Waals surface area contributed by atoms with Crippen molar-refractivity contribution < 1.29 is 18.9 Å². The van der Waals surface area contributed by atoms with E-state index < -0.39 is 8.07 Å². The fourth-order valence-corrected chi connectivity index (χ4v) is 5.65. The van der Waals surface area contributed by atoms with E-state index in [1.54, 1.807) is 14.2 Å². The number of hydrogen-bond donors (Lipinski definition) is 0. The van der Waals surface area contributed by atoms with Gasteiger partial charge < -0.3 is 18.9 Å². The summed E-state index contributed by atoms with van der Waals surface area (Å²) in [5.74, 6) is 7.62. The molecule has 0 aliphatic heterocycles. The highest BCUT2D eigenvalue weighted by Gasteiger charge is 2.24. The SMILES string of the molecule is C#Cc1ccc(OCOC)cc1C.CC[Si](C#Cc1ccc(OCOC)cc1C)(CC)CC. The first kappa shape index (κ1) is 28.3. The highest BCUT2D eigenvalue weighted by molar-refractivity contribution is 6.87. The van der Waals surface area contributed by atoms with Gasteiger partial charge in [0.15, 0.2) is 13.6 Å². The quantitative estimate of drug-likeness (QED) is 0.246. The molecule has 0 heterocycles. The van der Waals surface area contributed by atoms with Crippen LogP contribution in [0.25, 0.3) is 0 Å². The number of benzene rings is 2. The minimum Gasteiger partial charge on any atom is -0.468 e. The predicted molar refractivity (Wildman–Crippen MR) is 139 cm³/mol. The van der Waals surface area contributed by atoms with Crippen LogP contribution in [0.2, 0.25) is 18.1 Å². The highest BCUT2D eigenvalue weighted by Crippen LogP contribution is 2.21.